The highest BCUT2D eigenvalue weighted by Gasteiger charge is 2.26. The zero-order chi connectivity index (χ0) is 26.8. The van der Waals surface area contributed by atoms with E-state index in [-0.39, 0.29) is 12.6 Å². The van der Waals surface area contributed by atoms with Crippen molar-refractivity contribution in [2.45, 2.75) is 19.5 Å². The van der Waals surface area contributed by atoms with Crippen LogP contribution < -0.4 is 5.32 Å². The minimum Gasteiger partial charge on any atom is -0.333 e. The molecule has 0 spiro atoms. The van der Waals surface area contributed by atoms with Gasteiger partial charge in [0.2, 0.25) is 0 Å². The van der Waals surface area contributed by atoms with E-state index in [4.69, 9.17) is 23.2 Å². The average Bonchev–Trinajstić information content (AvgIpc) is 3.23. The summed E-state index contributed by atoms with van der Waals surface area (Å²) in [6, 6.07) is 13.0. The van der Waals surface area contributed by atoms with E-state index < -0.39 is 16.7 Å². The summed E-state index contributed by atoms with van der Waals surface area (Å²) in [6.07, 6.45) is 5.68. The fraction of sp³-hybridized carbons (Fsp3) is 0.179. The Morgan fingerprint density at radius 2 is 1.95 bits per heavy atom. The molecule has 1 aliphatic heterocycles. The molecule has 0 unspecified atom stereocenters. The predicted octanol–water partition coefficient (Wildman–Crippen LogP) is 6.32. The number of hydrogen-bond acceptors (Lipinski definition) is 4. The van der Waals surface area contributed by atoms with Gasteiger partial charge < -0.3 is 5.32 Å². The summed E-state index contributed by atoms with van der Waals surface area (Å²) in [5.41, 5.74) is 4.24. The van der Waals surface area contributed by atoms with Gasteiger partial charge in [-0.3, -0.25) is 9.47 Å². The molecule has 10 heteroatoms. The van der Waals surface area contributed by atoms with Gasteiger partial charge in [-0.25, -0.2) is 18.6 Å². The number of carbonyl (C=O) groups is 1. The Labute approximate surface area is 227 Å². The van der Waals surface area contributed by atoms with Crippen LogP contribution in [0.5, 0.6) is 0 Å². The van der Waals surface area contributed by atoms with Crippen LogP contribution in [0.15, 0.2) is 54.7 Å². The number of nitrogens with one attached hydrogen (secondary N) is 1. The number of aromatic nitrogens is 2. The summed E-state index contributed by atoms with van der Waals surface area (Å²) in [5, 5.41) is 13.1. The van der Waals surface area contributed by atoms with Crippen LogP contribution in [0.3, 0.4) is 0 Å². The number of pyridine rings is 1. The van der Waals surface area contributed by atoms with Crippen molar-refractivity contribution in [1.82, 2.24) is 19.8 Å². The van der Waals surface area contributed by atoms with Crippen LogP contribution in [-0.4, -0.2) is 33.6 Å². The number of hydrogen-bond donors (Lipinski definition) is 1. The molecule has 0 aliphatic carbocycles. The smallest absolute Gasteiger partial charge is 0.326 e. The number of amides is 1. The second-order valence-electron chi connectivity index (χ2n) is 8.94. The highest BCUT2D eigenvalue weighted by Crippen LogP contribution is 2.32. The zero-order valence-electron chi connectivity index (χ0n) is 20.0. The minimum atomic E-state index is -0.802. The molecule has 5 rings (SSSR count). The second kappa shape index (κ2) is 10.9. The number of rotatable bonds is 5. The third-order valence-electron chi connectivity index (χ3n) is 6.48. The number of carbonyl (C=O) groups excluding carboxylic acids is 1. The molecule has 2 aromatic carbocycles. The molecule has 4 aromatic rings. The van der Waals surface area contributed by atoms with E-state index in [9.17, 15) is 18.8 Å². The zero-order valence-corrected chi connectivity index (χ0v) is 21.5. The van der Waals surface area contributed by atoms with Crippen LogP contribution in [0.25, 0.3) is 17.0 Å². The lowest BCUT2D eigenvalue weighted by Crippen LogP contribution is -2.34. The maximum atomic E-state index is 13.7. The summed E-state index contributed by atoms with van der Waals surface area (Å²) < 4.78 is 29.1. The third-order valence-corrected chi connectivity index (χ3v) is 7.04. The van der Waals surface area contributed by atoms with Crippen LogP contribution in [0, 0.1) is 23.0 Å². The lowest BCUT2D eigenvalue weighted by atomic mass is 10.0. The number of halogens is 4. The van der Waals surface area contributed by atoms with Gasteiger partial charge in [-0.05, 0) is 53.1 Å². The Hall–Kier alpha value is -3.77. The molecule has 6 nitrogen and oxygen atoms in total. The number of nitriles is 1. The standard InChI is InChI=1S/C28H21Cl2F2N5O/c29-26-13-19(5-7-34-26)15-35-28(38)37-24-6-9-36(8-1-2-17-10-22(31)27(30)23(32)11-17)16-21(24)20-4-3-18(14-33)12-25(20)37/h1-5,7,10-13H,6,8-9,15-16H2,(H,35,38). The molecule has 0 fully saturated rings. The first-order valence-electron chi connectivity index (χ1n) is 11.8. The fourth-order valence-electron chi connectivity index (χ4n) is 4.69. The van der Waals surface area contributed by atoms with E-state index in [1.54, 1.807) is 41.1 Å². The molecule has 1 N–H and O–H groups in total. The maximum absolute atomic E-state index is 13.7. The van der Waals surface area contributed by atoms with Crippen molar-refractivity contribution in [2.75, 3.05) is 13.1 Å². The number of fused-ring (bicyclic) bond motifs is 3. The largest absolute Gasteiger partial charge is 0.333 e. The van der Waals surface area contributed by atoms with Gasteiger partial charge in [0.25, 0.3) is 0 Å². The van der Waals surface area contributed by atoms with Gasteiger partial charge in [-0.15, -0.1) is 0 Å². The number of benzene rings is 2. The first-order chi connectivity index (χ1) is 18.3. The van der Waals surface area contributed by atoms with Crippen LogP contribution in [0.1, 0.15) is 27.9 Å². The molecule has 2 aromatic heterocycles. The van der Waals surface area contributed by atoms with Crippen molar-refractivity contribution in [3.63, 3.8) is 0 Å². The van der Waals surface area contributed by atoms with Gasteiger partial charge in [0.1, 0.15) is 21.8 Å². The van der Waals surface area contributed by atoms with E-state index in [2.05, 4.69) is 21.3 Å². The van der Waals surface area contributed by atoms with Gasteiger partial charge in [0, 0.05) is 49.9 Å². The quantitative estimate of drug-likeness (QED) is 0.232. The minimum absolute atomic E-state index is 0.274. The monoisotopic (exact) mass is 551 g/mol. The van der Waals surface area contributed by atoms with Gasteiger partial charge in [0.15, 0.2) is 0 Å². The molecule has 1 aliphatic rings. The molecule has 0 saturated carbocycles. The van der Waals surface area contributed by atoms with Gasteiger partial charge >= 0.3 is 6.03 Å². The first kappa shape index (κ1) is 25.9. The van der Waals surface area contributed by atoms with E-state index in [0.717, 1.165) is 22.2 Å². The lowest BCUT2D eigenvalue weighted by Gasteiger charge is -2.27. The third kappa shape index (κ3) is 5.27. The predicted molar refractivity (Wildman–Crippen MR) is 143 cm³/mol. The fourth-order valence-corrected chi connectivity index (χ4v) is 4.99. The summed E-state index contributed by atoms with van der Waals surface area (Å²) in [4.78, 5) is 19.5. The van der Waals surface area contributed by atoms with Crippen molar-refractivity contribution in [3.8, 4) is 6.07 Å². The van der Waals surface area contributed by atoms with E-state index in [1.807, 2.05) is 12.1 Å². The summed E-state index contributed by atoms with van der Waals surface area (Å²) in [5.74, 6) is -1.60. The van der Waals surface area contributed by atoms with Crippen LogP contribution in [0.2, 0.25) is 10.2 Å². The molecular formula is C28H21Cl2F2N5O. The van der Waals surface area contributed by atoms with Crippen molar-refractivity contribution < 1.29 is 13.6 Å². The van der Waals surface area contributed by atoms with E-state index in [0.29, 0.717) is 47.9 Å². The van der Waals surface area contributed by atoms with Crippen molar-refractivity contribution >= 4 is 46.2 Å². The molecular weight excluding hydrogens is 531 g/mol. The average molecular weight is 552 g/mol. The SMILES string of the molecule is N#Cc1ccc2c3c(n(C(=O)NCc4ccnc(Cl)c4)c2c1)CCN(CC=Cc1cc(F)c(Cl)c(F)c1)C3. The normalized spacial score (nSPS) is 13.6. The highest BCUT2D eigenvalue weighted by molar-refractivity contribution is 6.31. The Balaban J connectivity index is 1.39. The Morgan fingerprint density at radius 1 is 1.16 bits per heavy atom. The van der Waals surface area contributed by atoms with Gasteiger partial charge in [-0.2, -0.15) is 5.26 Å². The summed E-state index contributed by atoms with van der Waals surface area (Å²) in [6.45, 7) is 2.07. The van der Waals surface area contributed by atoms with Gasteiger partial charge in [-0.1, -0.05) is 41.4 Å². The molecule has 0 radical (unpaired) electrons. The first-order valence-corrected chi connectivity index (χ1v) is 12.6. The molecule has 192 valence electrons. The summed E-state index contributed by atoms with van der Waals surface area (Å²) in [7, 11) is 0. The topological polar surface area (TPSA) is 74.0 Å². The molecule has 0 atom stereocenters. The molecule has 0 saturated heterocycles. The van der Waals surface area contributed by atoms with Crippen LogP contribution in [-0.2, 0) is 19.5 Å². The van der Waals surface area contributed by atoms with E-state index >= 15 is 0 Å². The van der Waals surface area contributed by atoms with Crippen LogP contribution >= 0.6 is 23.2 Å². The van der Waals surface area contributed by atoms with E-state index in [1.165, 1.54) is 12.1 Å². The van der Waals surface area contributed by atoms with Crippen molar-refractivity contribution in [2.24, 2.45) is 0 Å². The maximum Gasteiger partial charge on any atom is 0.326 e. The second-order valence-corrected chi connectivity index (χ2v) is 9.70. The van der Waals surface area contributed by atoms with Gasteiger partial charge in [0.05, 0.1) is 17.1 Å². The molecule has 3 heterocycles. The Bertz CT molecular complexity index is 1600. The van der Waals surface area contributed by atoms with Crippen LogP contribution in [0.4, 0.5) is 13.6 Å². The lowest BCUT2D eigenvalue weighted by molar-refractivity contribution is 0.240. The Kier molecular flexibility index (Phi) is 7.43. The summed E-state index contributed by atoms with van der Waals surface area (Å²) >= 11 is 11.5. The highest BCUT2D eigenvalue weighted by atomic mass is 35.5. The number of nitrogens with zero attached hydrogens (tertiary/aromatic N) is 4. The Morgan fingerprint density at radius 3 is 2.68 bits per heavy atom. The molecule has 1 amide bonds. The molecule has 38 heavy (non-hydrogen) atoms. The van der Waals surface area contributed by atoms with Crippen molar-refractivity contribution in [1.29, 1.82) is 5.26 Å². The van der Waals surface area contributed by atoms with Crippen molar-refractivity contribution in [3.05, 3.63) is 104 Å². The molecule has 0 bridgehead atoms.